The number of hydrogen-bond acceptors (Lipinski definition) is 3. The third kappa shape index (κ3) is 10.7. The Labute approximate surface area is 106 Å². The highest BCUT2D eigenvalue weighted by Gasteiger charge is 2.12. The Kier molecular flexibility index (Phi) is 8.82. The zero-order valence-corrected chi connectivity index (χ0v) is 12.0. The molecule has 0 spiro atoms. The molecule has 0 amide bonds. The Morgan fingerprint density at radius 3 is 2.06 bits per heavy atom. The fourth-order valence-electron chi connectivity index (χ4n) is 1.85. The van der Waals surface area contributed by atoms with Crippen molar-refractivity contribution in [1.82, 2.24) is 0 Å². The lowest BCUT2D eigenvalue weighted by Gasteiger charge is -2.19. The van der Waals surface area contributed by atoms with E-state index in [9.17, 15) is 8.42 Å². The minimum atomic E-state index is -4.26. The summed E-state index contributed by atoms with van der Waals surface area (Å²) < 4.78 is 33.3. The molecule has 104 valence electrons. The van der Waals surface area contributed by atoms with Gasteiger partial charge in [0.05, 0.1) is 6.61 Å². The summed E-state index contributed by atoms with van der Waals surface area (Å²) >= 11 is 0. The van der Waals surface area contributed by atoms with Crippen LogP contribution in [0.2, 0.25) is 0 Å². The van der Waals surface area contributed by atoms with Crippen molar-refractivity contribution >= 4 is 10.4 Å². The van der Waals surface area contributed by atoms with Crippen LogP contribution in [-0.4, -0.2) is 19.6 Å². The van der Waals surface area contributed by atoms with Crippen LogP contribution in [0.25, 0.3) is 0 Å². The highest BCUT2D eigenvalue weighted by Crippen LogP contribution is 2.22. The van der Waals surface area contributed by atoms with Crippen molar-refractivity contribution in [3.8, 4) is 0 Å². The van der Waals surface area contributed by atoms with Gasteiger partial charge in [-0.05, 0) is 24.7 Å². The number of unbranched alkanes of at least 4 members (excludes halogenated alkanes) is 2. The Balaban J connectivity index is 3.60. The first-order valence-corrected chi connectivity index (χ1v) is 7.85. The molecule has 0 bridgehead atoms. The summed E-state index contributed by atoms with van der Waals surface area (Å²) in [4.78, 5) is 0. The predicted octanol–water partition coefficient (Wildman–Crippen LogP) is 3.44. The summed E-state index contributed by atoms with van der Waals surface area (Å²) in [6, 6.07) is 0. The van der Waals surface area contributed by atoms with Gasteiger partial charge in [-0.25, -0.2) is 4.18 Å². The van der Waals surface area contributed by atoms with Crippen LogP contribution in [0.3, 0.4) is 0 Å². The van der Waals surface area contributed by atoms with Gasteiger partial charge in [-0.2, -0.15) is 8.42 Å². The molecular weight excluding hydrogens is 240 g/mol. The maximum atomic E-state index is 10.3. The standard InChI is InChI=1S/C12H26O4S/c1-4-5-6-8-11(2)12(3)9-7-10-16-17(13,14)15/h11-12H,4-10H2,1-3H3,(H,13,14,15). The normalized spacial score (nSPS) is 15.8. The molecule has 1 N–H and O–H groups in total. The SMILES string of the molecule is CCCCCC(C)C(C)CCCOS(=O)(=O)O. The highest BCUT2D eigenvalue weighted by molar-refractivity contribution is 7.80. The average Bonchev–Trinajstić information content (AvgIpc) is 2.23. The first-order valence-electron chi connectivity index (χ1n) is 6.48. The lowest BCUT2D eigenvalue weighted by atomic mass is 9.87. The minimum Gasteiger partial charge on any atom is -0.264 e. The Bertz CT molecular complexity index is 274. The van der Waals surface area contributed by atoms with Crippen LogP contribution in [0.5, 0.6) is 0 Å². The molecule has 0 saturated heterocycles. The molecule has 0 aromatic carbocycles. The van der Waals surface area contributed by atoms with Gasteiger partial charge in [0.2, 0.25) is 0 Å². The monoisotopic (exact) mass is 266 g/mol. The molecule has 0 radical (unpaired) electrons. The lowest BCUT2D eigenvalue weighted by molar-refractivity contribution is 0.243. The molecule has 0 rings (SSSR count). The molecule has 2 unspecified atom stereocenters. The molecule has 5 heteroatoms. The van der Waals surface area contributed by atoms with Crippen molar-refractivity contribution in [2.45, 2.75) is 59.3 Å². The van der Waals surface area contributed by atoms with Gasteiger partial charge in [-0.1, -0.05) is 46.5 Å². The van der Waals surface area contributed by atoms with Gasteiger partial charge >= 0.3 is 10.4 Å². The molecule has 0 fully saturated rings. The van der Waals surface area contributed by atoms with E-state index in [1.165, 1.54) is 25.7 Å². The molecule has 2 atom stereocenters. The smallest absolute Gasteiger partial charge is 0.264 e. The first-order chi connectivity index (χ1) is 7.87. The van der Waals surface area contributed by atoms with E-state index in [2.05, 4.69) is 25.0 Å². The summed E-state index contributed by atoms with van der Waals surface area (Å²) in [5.74, 6) is 1.23. The van der Waals surface area contributed by atoms with Gasteiger partial charge in [0.1, 0.15) is 0 Å². The first kappa shape index (κ1) is 16.9. The van der Waals surface area contributed by atoms with E-state index in [1.807, 2.05) is 0 Å². The van der Waals surface area contributed by atoms with Gasteiger partial charge in [0.15, 0.2) is 0 Å². The molecule has 0 aliphatic rings. The van der Waals surface area contributed by atoms with E-state index < -0.39 is 10.4 Å². The van der Waals surface area contributed by atoms with Crippen LogP contribution < -0.4 is 0 Å². The van der Waals surface area contributed by atoms with Crippen LogP contribution in [0.15, 0.2) is 0 Å². The van der Waals surface area contributed by atoms with Gasteiger partial charge in [-0.3, -0.25) is 4.55 Å². The Hall–Kier alpha value is -0.130. The fraction of sp³-hybridized carbons (Fsp3) is 1.00. The highest BCUT2D eigenvalue weighted by atomic mass is 32.3. The van der Waals surface area contributed by atoms with E-state index in [4.69, 9.17) is 4.55 Å². The number of rotatable bonds is 10. The molecule has 0 heterocycles. The summed E-state index contributed by atoms with van der Waals surface area (Å²) in [6.07, 6.45) is 6.62. The second-order valence-electron chi connectivity index (χ2n) is 4.84. The predicted molar refractivity (Wildman–Crippen MR) is 69.2 cm³/mol. The van der Waals surface area contributed by atoms with Gasteiger partial charge in [0.25, 0.3) is 0 Å². The van der Waals surface area contributed by atoms with Gasteiger partial charge in [-0.15, -0.1) is 0 Å². The number of hydrogen-bond donors (Lipinski definition) is 1. The van der Waals surface area contributed by atoms with Crippen LogP contribution in [0.4, 0.5) is 0 Å². The van der Waals surface area contributed by atoms with E-state index in [0.717, 1.165) is 6.42 Å². The molecule has 0 saturated carbocycles. The molecule has 17 heavy (non-hydrogen) atoms. The van der Waals surface area contributed by atoms with Crippen molar-refractivity contribution < 1.29 is 17.2 Å². The maximum absolute atomic E-state index is 10.3. The second-order valence-corrected chi connectivity index (χ2v) is 5.93. The van der Waals surface area contributed by atoms with Crippen molar-refractivity contribution in [2.24, 2.45) is 11.8 Å². The second kappa shape index (κ2) is 8.89. The summed E-state index contributed by atoms with van der Waals surface area (Å²) in [5, 5.41) is 0. The third-order valence-electron chi connectivity index (χ3n) is 3.27. The molecule has 0 aliphatic heterocycles. The van der Waals surface area contributed by atoms with Gasteiger partial charge < -0.3 is 0 Å². The molecule has 4 nitrogen and oxygen atoms in total. The summed E-state index contributed by atoms with van der Waals surface area (Å²) in [6.45, 7) is 6.69. The Morgan fingerprint density at radius 1 is 1.06 bits per heavy atom. The van der Waals surface area contributed by atoms with Gasteiger partial charge in [0, 0.05) is 0 Å². The zero-order chi connectivity index (χ0) is 13.3. The summed E-state index contributed by atoms with van der Waals surface area (Å²) in [7, 11) is -4.26. The van der Waals surface area contributed by atoms with E-state index in [1.54, 1.807) is 0 Å². The van der Waals surface area contributed by atoms with Crippen molar-refractivity contribution in [2.75, 3.05) is 6.61 Å². The van der Waals surface area contributed by atoms with E-state index in [0.29, 0.717) is 18.3 Å². The largest absolute Gasteiger partial charge is 0.397 e. The maximum Gasteiger partial charge on any atom is 0.397 e. The van der Waals surface area contributed by atoms with Crippen molar-refractivity contribution in [3.05, 3.63) is 0 Å². The quantitative estimate of drug-likeness (QED) is 0.486. The van der Waals surface area contributed by atoms with Crippen LogP contribution >= 0.6 is 0 Å². The molecular formula is C12H26O4S. The summed E-state index contributed by atoms with van der Waals surface area (Å²) in [5.41, 5.74) is 0. The van der Waals surface area contributed by atoms with Crippen LogP contribution in [0, 0.1) is 11.8 Å². The van der Waals surface area contributed by atoms with Crippen LogP contribution in [0.1, 0.15) is 59.3 Å². The fourth-order valence-corrected chi connectivity index (χ4v) is 2.18. The lowest BCUT2D eigenvalue weighted by Crippen LogP contribution is -2.11. The van der Waals surface area contributed by atoms with E-state index >= 15 is 0 Å². The van der Waals surface area contributed by atoms with E-state index in [-0.39, 0.29) is 6.61 Å². The van der Waals surface area contributed by atoms with Crippen molar-refractivity contribution in [1.29, 1.82) is 0 Å². The zero-order valence-electron chi connectivity index (χ0n) is 11.2. The molecule has 0 aromatic heterocycles. The van der Waals surface area contributed by atoms with Crippen molar-refractivity contribution in [3.63, 3.8) is 0 Å². The average molecular weight is 266 g/mol. The van der Waals surface area contributed by atoms with Crippen LogP contribution in [-0.2, 0) is 14.6 Å². The minimum absolute atomic E-state index is 0.0743. The molecule has 0 aromatic rings. The Morgan fingerprint density at radius 2 is 1.59 bits per heavy atom. The molecule has 0 aliphatic carbocycles. The third-order valence-corrected chi connectivity index (χ3v) is 3.74. The topological polar surface area (TPSA) is 63.6 Å².